The monoisotopic (exact) mass is 367 g/mol. The first-order valence-corrected chi connectivity index (χ1v) is 9.84. The second-order valence-corrected chi connectivity index (χ2v) is 6.90. The van der Waals surface area contributed by atoms with Gasteiger partial charge in [-0.25, -0.2) is 9.97 Å². The molecule has 6 nitrogen and oxygen atoms in total. The van der Waals surface area contributed by atoms with Gasteiger partial charge in [-0.1, -0.05) is 12.1 Å². The van der Waals surface area contributed by atoms with Crippen LogP contribution in [0.25, 0.3) is 0 Å². The van der Waals surface area contributed by atoms with E-state index in [1.165, 1.54) is 0 Å². The van der Waals surface area contributed by atoms with E-state index in [0.717, 1.165) is 56.4 Å². The first-order valence-electron chi connectivity index (χ1n) is 9.84. The van der Waals surface area contributed by atoms with Crippen LogP contribution < -0.4 is 5.32 Å². The highest BCUT2D eigenvalue weighted by Gasteiger charge is 2.24. The molecule has 1 amide bonds. The molecular formula is C21H29N5O. The Bertz CT molecular complexity index is 724. The molecular weight excluding hydrogens is 338 g/mol. The van der Waals surface area contributed by atoms with Crippen LogP contribution >= 0.6 is 0 Å². The zero-order valence-electron chi connectivity index (χ0n) is 16.3. The van der Waals surface area contributed by atoms with Crippen molar-refractivity contribution in [2.45, 2.75) is 32.6 Å². The summed E-state index contributed by atoms with van der Waals surface area (Å²) < 4.78 is 0. The Morgan fingerprint density at radius 2 is 1.85 bits per heavy atom. The van der Waals surface area contributed by atoms with Crippen molar-refractivity contribution in [2.24, 2.45) is 0 Å². The van der Waals surface area contributed by atoms with E-state index in [1.807, 2.05) is 49.1 Å². The molecule has 0 radical (unpaired) electrons. The average Bonchev–Trinajstić information content (AvgIpc) is 2.70. The summed E-state index contributed by atoms with van der Waals surface area (Å²) >= 11 is 0. The first-order chi connectivity index (χ1) is 13.2. The number of hydrogen-bond donors (Lipinski definition) is 1. The van der Waals surface area contributed by atoms with E-state index in [0.29, 0.717) is 12.5 Å². The fourth-order valence-electron chi connectivity index (χ4n) is 3.57. The predicted octanol–water partition coefficient (Wildman–Crippen LogP) is 3.27. The summed E-state index contributed by atoms with van der Waals surface area (Å²) in [6, 6.07) is 11.9. The number of hydrogen-bond acceptors (Lipinski definition) is 5. The van der Waals surface area contributed by atoms with Crippen LogP contribution in [0, 0.1) is 0 Å². The van der Waals surface area contributed by atoms with Crippen molar-refractivity contribution in [2.75, 3.05) is 38.0 Å². The van der Waals surface area contributed by atoms with E-state index in [2.05, 4.69) is 21.3 Å². The van der Waals surface area contributed by atoms with Gasteiger partial charge in [0, 0.05) is 30.9 Å². The predicted molar refractivity (Wildman–Crippen MR) is 108 cm³/mol. The van der Waals surface area contributed by atoms with Gasteiger partial charge in [-0.2, -0.15) is 0 Å². The van der Waals surface area contributed by atoms with Gasteiger partial charge >= 0.3 is 0 Å². The molecule has 2 aromatic heterocycles. The maximum absolute atomic E-state index is 12.3. The smallest absolute Gasteiger partial charge is 0.236 e. The van der Waals surface area contributed by atoms with Gasteiger partial charge in [0.15, 0.2) is 0 Å². The Labute approximate surface area is 161 Å². The minimum Gasteiger partial charge on any atom is -0.342 e. The van der Waals surface area contributed by atoms with Crippen molar-refractivity contribution in [3.8, 4) is 0 Å². The summed E-state index contributed by atoms with van der Waals surface area (Å²) in [4.78, 5) is 25.6. The molecule has 0 aromatic carbocycles. The van der Waals surface area contributed by atoms with E-state index in [4.69, 9.17) is 4.98 Å². The second kappa shape index (κ2) is 9.46. The van der Waals surface area contributed by atoms with Crippen LogP contribution in [-0.4, -0.2) is 58.4 Å². The lowest BCUT2D eigenvalue weighted by molar-refractivity contribution is -0.132. The van der Waals surface area contributed by atoms with Crippen LogP contribution in [0.1, 0.15) is 38.3 Å². The lowest BCUT2D eigenvalue weighted by Gasteiger charge is -2.32. The maximum atomic E-state index is 12.3. The van der Waals surface area contributed by atoms with Crippen molar-refractivity contribution in [3.63, 3.8) is 0 Å². The lowest BCUT2D eigenvalue weighted by Crippen LogP contribution is -2.43. The number of amides is 1. The molecule has 0 unspecified atom stereocenters. The number of anilines is 2. The molecule has 3 heterocycles. The quantitative estimate of drug-likeness (QED) is 0.814. The van der Waals surface area contributed by atoms with E-state index < -0.39 is 0 Å². The highest BCUT2D eigenvalue weighted by atomic mass is 16.2. The number of carbonyl (C=O) groups excluding carboxylic acids is 1. The molecule has 0 bridgehead atoms. The topological polar surface area (TPSA) is 61.4 Å². The maximum Gasteiger partial charge on any atom is 0.236 e. The van der Waals surface area contributed by atoms with Crippen molar-refractivity contribution >= 4 is 17.5 Å². The van der Waals surface area contributed by atoms with Gasteiger partial charge < -0.3 is 10.2 Å². The van der Waals surface area contributed by atoms with Crippen LogP contribution in [0.5, 0.6) is 0 Å². The SMILES string of the molecule is CCN(CC)C(=O)CN1CCC(c2cccc(Nc3ccccn3)n2)CC1. The highest BCUT2D eigenvalue weighted by Crippen LogP contribution is 2.27. The molecule has 1 fully saturated rings. The van der Waals surface area contributed by atoms with Gasteiger partial charge in [-0.05, 0) is 64.0 Å². The number of rotatable bonds is 7. The fraction of sp³-hybridized carbons (Fsp3) is 0.476. The molecule has 27 heavy (non-hydrogen) atoms. The number of aromatic nitrogens is 2. The Balaban J connectivity index is 1.55. The number of piperidine rings is 1. The van der Waals surface area contributed by atoms with Gasteiger partial charge in [-0.3, -0.25) is 9.69 Å². The van der Waals surface area contributed by atoms with Crippen molar-refractivity contribution in [3.05, 3.63) is 48.3 Å². The molecule has 6 heteroatoms. The summed E-state index contributed by atoms with van der Waals surface area (Å²) in [7, 11) is 0. The van der Waals surface area contributed by atoms with Crippen molar-refractivity contribution in [1.82, 2.24) is 19.8 Å². The first kappa shape index (κ1) is 19.3. The Morgan fingerprint density at radius 1 is 1.11 bits per heavy atom. The molecule has 0 atom stereocenters. The Hall–Kier alpha value is -2.47. The van der Waals surface area contributed by atoms with Gasteiger partial charge in [0.1, 0.15) is 11.6 Å². The van der Waals surface area contributed by atoms with E-state index >= 15 is 0 Å². The zero-order valence-corrected chi connectivity index (χ0v) is 16.3. The van der Waals surface area contributed by atoms with Gasteiger partial charge in [-0.15, -0.1) is 0 Å². The molecule has 2 aromatic rings. The van der Waals surface area contributed by atoms with Crippen LogP contribution in [0.15, 0.2) is 42.6 Å². The number of likely N-dealkylation sites (N-methyl/N-ethyl adjacent to an activating group) is 1. The molecule has 0 aliphatic carbocycles. The van der Waals surface area contributed by atoms with Gasteiger partial charge in [0.25, 0.3) is 0 Å². The largest absolute Gasteiger partial charge is 0.342 e. The zero-order chi connectivity index (χ0) is 19.1. The van der Waals surface area contributed by atoms with Gasteiger partial charge in [0.05, 0.1) is 6.54 Å². The molecule has 1 aliphatic heterocycles. The van der Waals surface area contributed by atoms with Crippen LogP contribution in [-0.2, 0) is 4.79 Å². The minimum atomic E-state index is 0.234. The number of nitrogens with zero attached hydrogens (tertiary/aromatic N) is 4. The third-order valence-corrected chi connectivity index (χ3v) is 5.17. The fourth-order valence-corrected chi connectivity index (χ4v) is 3.57. The molecule has 0 saturated carbocycles. The van der Waals surface area contributed by atoms with E-state index in [-0.39, 0.29) is 5.91 Å². The number of pyridine rings is 2. The standard InChI is InChI=1S/C21H29N5O/c1-3-26(4-2)21(27)16-25-14-11-17(12-15-25)18-8-7-10-20(23-18)24-19-9-5-6-13-22-19/h5-10,13,17H,3-4,11-12,14-16H2,1-2H3,(H,22,23,24). The lowest BCUT2D eigenvalue weighted by atomic mass is 9.93. The molecule has 3 rings (SSSR count). The van der Waals surface area contributed by atoms with Crippen molar-refractivity contribution in [1.29, 1.82) is 0 Å². The van der Waals surface area contributed by atoms with Gasteiger partial charge in [0.2, 0.25) is 5.91 Å². The summed E-state index contributed by atoms with van der Waals surface area (Å²) in [5.41, 5.74) is 1.12. The number of nitrogens with one attached hydrogen (secondary N) is 1. The van der Waals surface area contributed by atoms with Crippen LogP contribution in [0.3, 0.4) is 0 Å². The molecule has 0 spiro atoms. The highest BCUT2D eigenvalue weighted by molar-refractivity contribution is 5.78. The molecule has 1 aliphatic rings. The summed E-state index contributed by atoms with van der Waals surface area (Å²) in [5, 5.41) is 3.26. The van der Waals surface area contributed by atoms with Crippen LogP contribution in [0.2, 0.25) is 0 Å². The third-order valence-electron chi connectivity index (χ3n) is 5.17. The van der Waals surface area contributed by atoms with Crippen molar-refractivity contribution < 1.29 is 4.79 Å². The summed E-state index contributed by atoms with van der Waals surface area (Å²) in [6.45, 7) is 8.05. The normalized spacial score (nSPS) is 15.5. The summed E-state index contributed by atoms with van der Waals surface area (Å²) in [6.07, 6.45) is 3.83. The Morgan fingerprint density at radius 3 is 2.52 bits per heavy atom. The average molecular weight is 367 g/mol. The van der Waals surface area contributed by atoms with E-state index in [1.54, 1.807) is 6.20 Å². The Kier molecular flexibility index (Phi) is 6.76. The van der Waals surface area contributed by atoms with E-state index in [9.17, 15) is 4.79 Å². The second-order valence-electron chi connectivity index (χ2n) is 6.90. The molecule has 144 valence electrons. The van der Waals surface area contributed by atoms with Crippen LogP contribution in [0.4, 0.5) is 11.6 Å². The summed E-state index contributed by atoms with van der Waals surface area (Å²) in [5.74, 6) is 2.30. The minimum absolute atomic E-state index is 0.234. The third kappa shape index (κ3) is 5.26. The number of likely N-dealkylation sites (tertiary alicyclic amines) is 1. The molecule has 1 saturated heterocycles. The number of carbonyl (C=O) groups is 1. The molecule has 1 N–H and O–H groups in total.